The number of carbonyl (C=O) groups is 1. The van der Waals surface area contributed by atoms with Gasteiger partial charge in [-0.3, -0.25) is 4.79 Å². The van der Waals surface area contributed by atoms with Gasteiger partial charge < -0.3 is 9.64 Å². The van der Waals surface area contributed by atoms with Gasteiger partial charge in [0, 0.05) is 19.2 Å². The SMILES string of the molecule is CC1CN(C(=O)C=Cc2ccccc2)CC(C)O1. The van der Waals surface area contributed by atoms with E-state index in [-0.39, 0.29) is 18.1 Å². The predicted octanol–water partition coefficient (Wildman–Crippen LogP) is 2.34. The average molecular weight is 245 g/mol. The van der Waals surface area contributed by atoms with Crippen LogP contribution in [0.25, 0.3) is 6.08 Å². The number of hydrogen-bond acceptors (Lipinski definition) is 2. The smallest absolute Gasteiger partial charge is 0.246 e. The van der Waals surface area contributed by atoms with Crippen LogP contribution in [0, 0.1) is 0 Å². The van der Waals surface area contributed by atoms with Crippen LogP contribution in [-0.4, -0.2) is 36.1 Å². The summed E-state index contributed by atoms with van der Waals surface area (Å²) < 4.78 is 5.61. The zero-order valence-corrected chi connectivity index (χ0v) is 10.9. The van der Waals surface area contributed by atoms with E-state index in [4.69, 9.17) is 4.74 Å². The van der Waals surface area contributed by atoms with Crippen LogP contribution < -0.4 is 0 Å². The highest BCUT2D eigenvalue weighted by Crippen LogP contribution is 2.11. The van der Waals surface area contributed by atoms with Crippen molar-refractivity contribution in [2.75, 3.05) is 13.1 Å². The van der Waals surface area contributed by atoms with Crippen molar-refractivity contribution in [1.29, 1.82) is 0 Å². The lowest BCUT2D eigenvalue weighted by atomic mass is 10.2. The Hall–Kier alpha value is -1.61. The first-order valence-electron chi connectivity index (χ1n) is 6.32. The summed E-state index contributed by atoms with van der Waals surface area (Å²) in [6.45, 7) is 5.33. The summed E-state index contributed by atoms with van der Waals surface area (Å²) in [5.41, 5.74) is 1.04. The molecule has 96 valence electrons. The number of rotatable bonds is 2. The average Bonchev–Trinajstić information content (AvgIpc) is 2.36. The Morgan fingerprint density at radius 1 is 1.22 bits per heavy atom. The van der Waals surface area contributed by atoms with Crippen molar-refractivity contribution in [2.24, 2.45) is 0 Å². The molecule has 0 saturated carbocycles. The molecule has 1 aromatic rings. The normalized spacial score (nSPS) is 24.4. The van der Waals surface area contributed by atoms with E-state index in [1.165, 1.54) is 0 Å². The number of morpholine rings is 1. The highest BCUT2D eigenvalue weighted by Gasteiger charge is 2.24. The third-order valence-corrected chi connectivity index (χ3v) is 2.95. The number of hydrogen-bond donors (Lipinski definition) is 0. The molecule has 1 fully saturated rings. The highest BCUT2D eigenvalue weighted by atomic mass is 16.5. The van der Waals surface area contributed by atoms with Crippen LogP contribution in [0.3, 0.4) is 0 Å². The summed E-state index contributed by atoms with van der Waals surface area (Å²) in [5.74, 6) is 0.0563. The number of carbonyl (C=O) groups excluding carboxylic acids is 1. The summed E-state index contributed by atoms with van der Waals surface area (Å²) in [6, 6.07) is 9.85. The molecule has 1 aromatic carbocycles. The molecule has 0 N–H and O–H groups in total. The lowest BCUT2D eigenvalue weighted by Gasteiger charge is -2.34. The Labute approximate surface area is 108 Å². The van der Waals surface area contributed by atoms with Gasteiger partial charge in [-0.25, -0.2) is 0 Å². The Kier molecular flexibility index (Phi) is 4.15. The molecular weight excluding hydrogens is 226 g/mol. The fourth-order valence-electron chi connectivity index (χ4n) is 2.19. The van der Waals surface area contributed by atoms with Crippen LogP contribution in [-0.2, 0) is 9.53 Å². The van der Waals surface area contributed by atoms with Crippen LogP contribution in [0.1, 0.15) is 19.4 Å². The van der Waals surface area contributed by atoms with Gasteiger partial charge >= 0.3 is 0 Å². The molecule has 3 nitrogen and oxygen atoms in total. The van der Waals surface area contributed by atoms with Gasteiger partial charge in [0.05, 0.1) is 12.2 Å². The van der Waals surface area contributed by atoms with E-state index in [1.807, 2.05) is 55.2 Å². The molecule has 1 heterocycles. The molecule has 2 atom stereocenters. The number of amides is 1. The first-order valence-corrected chi connectivity index (χ1v) is 6.32. The zero-order valence-electron chi connectivity index (χ0n) is 10.9. The van der Waals surface area contributed by atoms with E-state index in [1.54, 1.807) is 6.08 Å². The molecule has 3 heteroatoms. The molecule has 1 aliphatic heterocycles. The Morgan fingerprint density at radius 2 is 1.83 bits per heavy atom. The van der Waals surface area contributed by atoms with Crippen LogP contribution >= 0.6 is 0 Å². The van der Waals surface area contributed by atoms with Gasteiger partial charge in [0.15, 0.2) is 0 Å². The van der Waals surface area contributed by atoms with Gasteiger partial charge in [-0.15, -0.1) is 0 Å². The Bertz CT molecular complexity index is 417. The van der Waals surface area contributed by atoms with E-state index < -0.39 is 0 Å². The second kappa shape index (κ2) is 5.83. The van der Waals surface area contributed by atoms with Crippen molar-refractivity contribution in [1.82, 2.24) is 4.90 Å². The second-order valence-corrected chi connectivity index (χ2v) is 4.74. The monoisotopic (exact) mass is 245 g/mol. The Balaban J connectivity index is 1.97. The van der Waals surface area contributed by atoms with Gasteiger partial charge in [-0.2, -0.15) is 0 Å². The van der Waals surface area contributed by atoms with Crippen LogP contribution in [0.15, 0.2) is 36.4 Å². The molecule has 1 saturated heterocycles. The first-order chi connectivity index (χ1) is 8.65. The van der Waals surface area contributed by atoms with Gasteiger partial charge in [-0.1, -0.05) is 30.3 Å². The molecule has 0 aliphatic carbocycles. The van der Waals surface area contributed by atoms with Gasteiger partial charge in [0.25, 0.3) is 0 Å². The minimum absolute atomic E-state index is 0.0563. The van der Waals surface area contributed by atoms with Crippen molar-refractivity contribution >= 4 is 12.0 Å². The maximum absolute atomic E-state index is 12.0. The van der Waals surface area contributed by atoms with Crippen molar-refractivity contribution in [3.8, 4) is 0 Å². The number of ether oxygens (including phenoxy) is 1. The highest BCUT2D eigenvalue weighted by molar-refractivity contribution is 5.91. The summed E-state index contributed by atoms with van der Waals surface area (Å²) in [7, 11) is 0. The lowest BCUT2D eigenvalue weighted by Crippen LogP contribution is -2.47. The van der Waals surface area contributed by atoms with E-state index in [2.05, 4.69) is 0 Å². The summed E-state index contributed by atoms with van der Waals surface area (Å²) in [4.78, 5) is 13.9. The lowest BCUT2D eigenvalue weighted by molar-refractivity contribution is -0.137. The van der Waals surface area contributed by atoms with Gasteiger partial charge in [0.2, 0.25) is 5.91 Å². The number of nitrogens with zero attached hydrogens (tertiary/aromatic N) is 1. The summed E-state index contributed by atoms with van der Waals surface area (Å²) >= 11 is 0. The zero-order chi connectivity index (χ0) is 13.0. The van der Waals surface area contributed by atoms with E-state index in [0.29, 0.717) is 13.1 Å². The van der Waals surface area contributed by atoms with Gasteiger partial charge in [-0.05, 0) is 25.5 Å². The molecule has 0 spiro atoms. The molecule has 0 radical (unpaired) electrons. The molecule has 1 amide bonds. The maximum atomic E-state index is 12.0. The third-order valence-electron chi connectivity index (χ3n) is 2.95. The van der Waals surface area contributed by atoms with Crippen molar-refractivity contribution in [3.05, 3.63) is 42.0 Å². The Morgan fingerprint density at radius 3 is 2.44 bits per heavy atom. The van der Waals surface area contributed by atoms with Gasteiger partial charge in [0.1, 0.15) is 0 Å². The predicted molar refractivity (Wildman–Crippen MR) is 72.1 cm³/mol. The van der Waals surface area contributed by atoms with Crippen LogP contribution in [0.5, 0.6) is 0 Å². The minimum Gasteiger partial charge on any atom is -0.372 e. The summed E-state index contributed by atoms with van der Waals surface area (Å²) in [6.07, 6.45) is 3.72. The van der Waals surface area contributed by atoms with Crippen LogP contribution in [0.2, 0.25) is 0 Å². The minimum atomic E-state index is 0.0563. The van der Waals surface area contributed by atoms with Crippen molar-refractivity contribution in [2.45, 2.75) is 26.1 Å². The third kappa shape index (κ3) is 3.44. The van der Waals surface area contributed by atoms with E-state index in [9.17, 15) is 4.79 Å². The molecule has 0 bridgehead atoms. The summed E-state index contributed by atoms with van der Waals surface area (Å²) in [5, 5.41) is 0. The molecule has 18 heavy (non-hydrogen) atoms. The molecule has 2 unspecified atom stereocenters. The van der Waals surface area contributed by atoms with E-state index in [0.717, 1.165) is 5.56 Å². The largest absolute Gasteiger partial charge is 0.372 e. The molecular formula is C15H19NO2. The van der Waals surface area contributed by atoms with Crippen molar-refractivity contribution in [3.63, 3.8) is 0 Å². The standard InChI is InChI=1S/C15H19NO2/c1-12-10-16(11-13(2)18-12)15(17)9-8-14-6-4-3-5-7-14/h3-9,12-13H,10-11H2,1-2H3. The number of benzene rings is 1. The second-order valence-electron chi connectivity index (χ2n) is 4.74. The topological polar surface area (TPSA) is 29.5 Å². The molecule has 1 aliphatic rings. The molecule has 2 rings (SSSR count). The quantitative estimate of drug-likeness (QED) is 0.748. The van der Waals surface area contributed by atoms with E-state index >= 15 is 0 Å². The first kappa shape index (κ1) is 12.8. The molecule has 0 aromatic heterocycles. The fourth-order valence-corrected chi connectivity index (χ4v) is 2.19. The van der Waals surface area contributed by atoms with Crippen LogP contribution in [0.4, 0.5) is 0 Å². The maximum Gasteiger partial charge on any atom is 0.246 e. The fraction of sp³-hybridized carbons (Fsp3) is 0.400. The van der Waals surface area contributed by atoms with Crippen molar-refractivity contribution < 1.29 is 9.53 Å².